The Morgan fingerprint density at radius 2 is 2.04 bits per heavy atom. The summed E-state index contributed by atoms with van der Waals surface area (Å²) in [7, 11) is 1.56. The van der Waals surface area contributed by atoms with Crippen molar-refractivity contribution >= 4 is 28.4 Å². The van der Waals surface area contributed by atoms with E-state index in [1.54, 1.807) is 13.1 Å². The maximum absolute atomic E-state index is 12.7. The van der Waals surface area contributed by atoms with Gasteiger partial charge in [-0.1, -0.05) is 49.6 Å². The summed E-state index contributed by atoms with van der Waals surface area (Å²) in [4.78, 5) is 29.7. The number of aromatic nitrogens is 3. The smallest absolute Gasteiger partial charge is 0.275 e. The van der Waals surface area contributed by atoms with Gasteiger partial charge >= 0.3 is 0 Å². The minimum absolute atomic E-state index is 0.240. The van der Waals surface area contributed by atoms with Crippen molar-refractivity contribution in [1.29, 1.82) is 0 Å². The van der Waals surface area contributed by atoms with Crippen LogP contribution in [-0.2, 0) is 7.05 Å². The Hall–Kier alpha value is -2.73. The fourth-order valence-electron chi connectivity index (χ4n) is 2.93. The summed E-state index contributed by atoms with van der Waals surface area (Å²) >= 11 is 6.29. The van der Waals surface area contributed by atoms with Crippen LogP contribution in [0.1, 0.15) is 36.7 Å². The van der Waals surface area contributed by atoms with Gasteiger partial charge in [-0.25, -0.2) is 9.67 Å². The molecule has 3 aromatic rings. The van der Waals surface area contributed by atoms with E-state index in [0.717, 1.165) is 24.6 Å². The van der Waals surface area contributed by atoms with Crippen molar-refractivity contribution < 1.29 is 4.79 Å². The SMILES string of the molecule is CCCCCNC(=O)c1cc(-c2c(Cl)cnn(C)c2=O)c2ccccc2n1. The number of nitrogens with zero attached hydrogens (tertiary/aromatic N) is 3. The highest BCUT2D eigenvalue weighted by molar-refractivity contribution is 6.33. The van der Waals surface area contributed by atoms with Gasteiger partial charge in [0.1, 0.15) is 5.69 Å². The molecule has 6 nitrogen and oxygen atoms in total. The monoisotopic (exact) mass is 384 g/mol. The van der Waals surface area contributed by atoms with Crippen LogP contribution in [-0.4, -0.2) is 27.2 Å². The summed E-state index contributed by atoms with van der Waals surface area (Å²) in [5, 5.41) is 7.82. The molecular formula is C20H21ClN4O2. The summed E-state index contributed by atoms with van der Waals surface area (Å²) in [5.74, 6) is -0.264. The number of carbonyl (C=O) groups excluding carboxylic acids is 1. The molecule has 0 aliphatic rings. The van der Waals surface area contributed by atoms with Crippen molar-refractivity contribution in [2.75, 3.05) is 6.54 Å². The van der Waals surface area contributed by atoms with Crippen molar-refractivity contribution in [2.24, 2.45) is 7.05 Å². The number of hydrogen-bond donors (Lipinski definition) is 1. The van der Waals surface area contributed by atoms with E-state index in [2.05, 4.69) is 22.3 Å². The van der Waals surface area contributed by atoms with Crippen LogP contribution in [0.5, 0.6) is 0 Å². The van der Waals surface area contributed by atoms with Gasteiger partial charge < -0.3 is 5.32 Å². The molecule has 2 aromatic heterocycles. The molecule has 1 aromatic carbocycles. The summed E-state index contributed by atoms with van der Waals surface area (Å²) in [6, 6.07) is 9.00. The van der Waals surface area contributed by atoms with Crippen LogP contribution in [0.4, 0.5) is 0 Å². The van der Waals surface area contributed by atoms with Crippen LogP contribution in [0.25, 0.3) is 22.0 Å². The molecule has 2 heterocycles. The molecule has 0 aliphatic heterocycles. The summed E-state index contributed by atoms with van der Waals surface area (Å²) < 4.78 is 1.22. The highest BCUT2D eigenvalue weighted by Gasteiger charge is 2.18. The average Bonchev–Trinajstić information content (AvgIpc) is 2.68. The van der Waals surface area contributed by atoms with Gasteiger partial charge in [0.25, 0.3) is 11.5 Å². The Kier molecular flexibility index (Phi) is 5.86. The number of pyridine rings is 1. The van der Waals surface area contributed by atoms with E-state index in [9.17, 15) is 9.59 Å². The van der Waals surface area contributed by atoms with E-state index in [-0.39, 0.29) is 22.2 Å². The molecule has 0 aliphatic carbocycles. The highest BCUT2D eigenvalue weighted by atomic mass is 35.5. The first-order chi connectivity index (χ1) is 13.0. The van der Waals surface area contributed by atoms with Gasteiger partial charge in [0.05, 0.1) is 22.3 Å². The lowest BCUT2D eigenvalue weighted by Crippen LogP contribution is -2.26. The zero-order chi connectivity index (χ0) is 19.4. The van der Waals surface area contributed by atoms with Gasteiger partial charge in [-0.15, -0.1) is 0 Å². The second-order valence-corrected chi connectivity index (χ2v) is 6.74. The summed E-state index contributed by atoms with van der Waals surface area (Å²) in [5.41, 5.74) is 1.45. The van der Waals surface area contributed by atoms with Crippen molar-refractivity contribution in [3.8, 4) is 11.1 Å². The number of fused-ring (bicyclic) bond motifs is 1. The van der Waals surface area contributed by atoms with E-state index < -0.39 is 0 Å². The fourth-order valence-corrected chi connectivity index (χ4v) is 3.15. The van der Waals surface area contributed by atoms with Crippen LogP contribution in [0, 0.1) is 0 Å². The number of nitrogens with one attached hydrogen (secondary N) is 1. The largest absolute Gasteiger partial charge is 0.351 e. The lowest BCUT2D eigenvalue weighted by Gasteiger charge is -2.11. The molecule has 0 unspecified atom stereocenters. The predicted octanol–water partition coefficient (Wildman–Crippen LogP) is 3.57. The first-order valence-electron chi connectivity index (χ1n) is 8.93. The lowest BCUT2D eigenvalue weighted by molar-refractivity contribution is 0.0948. The molecule has 140 valence electrons. The Bertz CT molecular complexity index is 1050. The van der Waals surface area contributed by atoms with Gasteiger partial charge in [0.2, 0.25) is 0 Å². The Balaban J connectivity index is 2.12. The molecule has 0 atom stereocenters. The normalized spacial score (nSPS) is 10.9. The molecule has 27 heavy (non-hydrogen) atoms. The second-order valence-electron chi connectivity index (χ2n) is 6.33. The van der Waals surface area contributed by atoms with Crippen molar-refractivity contribution in [3.05, 3.63) is 57.6 Å². The number of rotatable bonds is 6. The van der Waals surface area contributed by atoms with Crippen LogP contribution in [0.3, 0.4) is 0 Å². The van der Waals surface area contributed by atoms with E-state index >= 15 is 0 Å². The standard InChI is InChI=1S/C20H21ClN4O2/c1-3-4-7-10-22-19(26)17-11-14(13-8-5-6-9-16(13)24-17)18-15(21)12-23-25(2)20(18)27/h5-6,8-9,11-12H,3-4,7,10H2,1-2H3,(H,22,26). The molecule has 0 spiro atoms. The Labute approximate surface area is 162 Å². The maximum atomic E-state index is 12.7. The number of unbranched alkanes of at least 4 members (excludes halogenated alkanes) is 2. The molecule has 7 heteroatoms. The molecule has 0 saturated heterocycles. The summed E-state index contributed by atoms with van der Waals surface area (Å²) in [6.45, 7) is 2.70. The maximum Gasteiger partial charge on any atom is 0.275 e. The van der Waals surface area contributed by atoms with Crippen LogP contribution >= 0.6 is 11.6 Å². The third-order valence-corrected chi connectivity index (χ3v) is 4.66. The number of halogens is 1. The number of carbonyl (C=O) groups is 1. The zero-order valence-corrected chi connectivity index (χ0v) is 16.1. The fraction of sp³-hybridized carbons (Fsp3) is 0.300. The van der Waals surface area contributed by atoms with Crippen LogP contribution < -0.4 is 10.9 Å². The molecule has 3 rings (SSSR count). The molecule has 0 bridgehead atoms. The van der Waals surface area contributed by atoms with E-state index in [1.807, 2.05) is 24.3 Å². The average molecular weight is 385 g/mol. The van der Waals surface area contributed by atoms with E-state index in [4.69, 9.17) is 11.6 Å². The Morgan fingerprint density at radius 3 is 2.81 bits per heavy atom. The lowest BCUT2D eigenvalue weighted by atomic mass is 10.0. The van der Waals surface area contributed by atoms with E-state index in [1.165, 1.54) is 10.9 Å². The van der Waals surface area contributed by atoms with Gasteiger partial charge in [-0.2, -0.15) is 5.10 Å². The molecule has 0 radical (unpaired) electrons. The topological polar surface area (TPSA) is 76.9 Å². The number of benzene rings is 1. The number of para-hydroxylation sites is 1. The van der Waals surface area contributed by atoms with Gasteiger partial charge in [0.15, 0.2) is 0 Å². The first kappa shape index (κ1) is 19.0. The molecule has 0 saturated carbocycles. The van der Waals surface area contributed by atoms with E-state index in [0.29, 0.717) is 23.2 Å². The third-order valence-electron chi connectivity index (χ3n) is 4.37. The van der Waals surface area contributed by atoms with Crippen LogP contribution in [0.15, 0.2) is 41.3 Å². The Morgan fingerprint density at radius 1 is 1.26 bits per heavy atom. The quantitative estimate of drug-likeness (QED) is 0.659. The number of hydrogen-bond acceptors (Lipinski definition) is 4. The molecule has 0 fully saturated rings. The predicted molar refractivity (Wildman–Crippen MR) is 107 cm³/mol. The molecule has 1 N–H and O–H groups in total. The number of amides is 1. The number of aryl methyl sites for hydroxylation is 1. The zero-order valence-electron chi connectivity index (χ0n) is 15.3. The summed E-state index contributed by atoms with van der Waals surface area (Å²) in [6.07, 6.45) is 4.48. The second kappa shape index (κ2) is 8.31. The molecular weight excluding hydrogens is 364 g/mol. The highest BCUT2D eigenvalue weighted by Crippen LogP contribution is 2.30. The van der Waals surface area contributed by atoms with Crippen molar-refractivity contribution in [1.82, 2.24) is 20.1 Å². The third kappa shape index (κ3) is 4.01. The van der Waals surface area contributed by atoms with Gasteiger partial charge in [-0.3, -0.25) is 9.59 Å². The van der Waals surface area contributed by atoms with Crippen molar-refractivity contribution in [2.45, 2.75) is 26.2 Å². The minimum atomic E-state index is -0.326. The first-order valence-corrected chi connectivity index (χ1v) is 9.31. The van der Waals surface area contributed by atoms with Crippen molar-refractivity contribution in [3.63, 3.8) is 0 Å². The van der Waals surface area contributed by atoms with Gasteiger partial charge in [0, 0.05) is 24.5 Å². The minimum Gasteiger partial charge on any atom is -0.351 e. The van der Waals surface area contributed by atoms with Crippen LogP contribution in [0.2, 0.25) is 5.02 Å². The van der Waals surface area contributed by atoms with Gasteiger partial charge in [-0.05, 0) is 18.6 Å². The molecule has 1 amide bonds.